The fourth-order valence-electron chi connectivity index (χ4n) is 0.989. The summed E-state index contributed by atoms with van der Waals surface area (Å²) in [5.41, 5.74) is 6.48. The molecule has 1 aromatic heterocycles. The lowest BCUT2D eigenvalue weighted by molar-refractivity contribution is 0.379. The highest BCUT2D eigenvalue weighted by atomic mass is 16.5. The van der Waals surface area contributed by atoms with Crippen molar-refractivity contribution in [1.82, 2.24) is 9.97 Å². The first kappa shape index (κ1) is 10.7. The number of nitrogens with two attached hydrogens (primary N) is 1. The number of nitrogens with zero attached hydrogens (tertiary/aromatic N) is 2. The van der Waals surface area contributed by atoms with Gasteiger partial charge in [-0.2, -0.15) is 4.98 Å². The number of rotatable bonds is 4. The Balaban J connectivity index is 2.71. The molecule has 0 aliphatic carbocycles. The number of aromatic nitrogens is 2. The Bertz CT molecular complexity index is 301. The van der Waals surface area contributed by atoms with Crippen LogP contribution in [0.2, 0.25) is 0 Å². The lowest BCUT2D eigenvalue weighted by Crippen LogP contribution is -2.25. The predicted octanol–water partition coefficient (Wildman–Crippen LogP) is 0.553. The molecule has 0 saturated heterocycles. The average molecular weight is 196 g/mol. The van der Waals surface area contributed by atoms with Gasteiger partial charge in [-0.05, 0) is 13.8 Å². The van der Waals surface area contributed by atoms with Crippen LogP contribution in [0.4, 0.5) is 5.82 Å². The Labute approximate surface area is 83.7 Å². The molecule has 0 saturated carbocycles. The fourth-order valence-corrected chi connectivity index (χ4v) is 0.989. The van der Waals surface area contributed by atoms with Crippen LogP contribution in [0.15, 0.2) is 6.07 Å². The van der Waals surface area contributed by atoms with E-state index in [4.69, 9.17) is 10.5 Å². The van der Waals surface area contributed by atoms with Crippen LogP contribution in [0.5, 0.6) is 6.01 Å². The van der Waals surface area contributed by atoms with E-state index >= 15 is 0 Å². The molecular weight excluding hydrogens is 180 g/mol. The van der Waals surface area contributed by atoms with Gasteiger partial charge in [-0.15, -0.1) is 0 Å². The highest BCUT2D eigenvalue weighted by Gasteiger charge is 2.02. The number of anilines is 1. The lowest BCUT2D eigenvalue weighted by atomic mass is 10.3. The molecule has 1 aromatic rings. The van der Waals surface area contributed by atoms with E-state index in [2.05, 4.69) is 15.3 Å². The van der Waals surface area contributed by atoms with E-state index in [1.807, 2.05) is 19.9 Å². The Morgan fingerprint density at radius 3 is 2.86 bits per heavy atom. The third kappa shape index (κ3) is 3.18. The maximum atomic E-state index is 5.61. The topological polar surface area (TPSA) is 73.1 Å². The van der Waals surface area contributed by atoms with Crippen LogP contribution in [0, 0.1) is 6.92 Å². The highest BCUT2D eigenvalue weighted by molar-refractivity contribution is 5.36. The van der Waals surface area contributed by atoms with Gasteiger partial charge < -0.3 is 15.8 Å². The summed E-state index contributed by atoms with van der Waals surface area (Å²) in [4.78, 5) is 8.20. The molecule has 1 atom stereocenters. The summed E-state index contributed by atoms with van der Waals surface area (Å²) in [6, 6.07) is 2.32. The Hall–Kier alpha value is -1.36. The van der Waals surface area contributed by atoms with Crippen LogP contribution in [0.1, 0.15) is 12.6 Å². The lowest BCUT2D eigenvalue weighted by Gasteiger charge is -2.09. The molecule has 0 aliphatic heterocycles. The molecule has 5 heteroatoms. The summed E-state index contributed by atoms with van der Waals surface area (Å²) in [6.07, 6.45) is 0. The molecule has 78 valence electrons. The number of methoxy groups -OCH3 is 1. The molecule has 0 amide bonds. The second-order valence-corrected chi connectivity index (χ2v) is 3.24. The Morgan fingerprint density at radius 1 is 1.57 bits per heavy atom. The number of ether oxygens (including phenoxy) is 1. The minimum atomic E-state index is 0.0938. The van der Waals surface area contributed by atoms with Crippen molar-refractivity contribution in [2.24, 2.45) is 5.73 Å². The number of hydrogen-bond donors (Lipinski definition) is 2. The summed E-state index contributed by atoms with van der Waals surface area (Å²) >= 11 is 0. The van der Waals surface area contributed by atoms with Gasteiger partial charge in [0.25, 0.3) is 0 Å². The van der Waals surface area contributed by atoms with Crippen molar-refractivity contribution < 1.29 is 4.74 Å². The molecule has 5 nitrogen and oxygen atoms in total. The second kappa shape index (κ2) is 4.76. The summed E-state index contributed by atoms with van der Waals surface area (Å²) in [5.74, 6) is 0.742. The maximum absolute atomic E-state index is 5.61. The zero-order valence-corrected chi connectivity index (χ0v) is 8.74. The van der Waals surface area contributed by atoms with Crippen molar-refractivity contribution in [3.63, 3.8) is 0 Å². The average Bonchev–Trinajstić information content (AvgIpc) is 2.14. The minimum Gasteiger partial charge on any atom is -0.467 e. The zero-order chi connectivity index (χ0) is 10.6. The smallest absolute Gasteiger partial charge is 0.318 e. The minimum absolute atomic E-state index is 0.0938. The molecule has 3 N–H and O–H groups in total. The van der Waals surface area contributed by atoms with E-state index in [0.717, 1.165) is 11.5 Å². The molecule has 0 fully saturated rings. The largest absolute Gasteiger partial charge is 0.467 e. The predicted molar refractivity (Wildman–Crippen MR) is 55.5 cm³/mol. The molecule has 1 heterocycles. The van der Waals surface area contributed by atoms with Crippen molar-refractivity contribution in [3.05, 3.63) is 11.8 Å². The molecule has 0 aromatic carbocycles. The van der Waals surface area contributed by atoms with Gasteiger partial charge in [-0.3, -0.25) is 0 Å². The van der Waals surface area contributed by atoms with Gasteiger partial charge >= 0.3 is 6.01 Å². The summed E-state index contributed by atoms with van der Waals surface area (Å²) in [6.45, 7) is 4.50. The first-order valence-electron chi connectivity index (χ1n) is 4.51. The van der Waals surface area contributed by atoms with Crippen molar-refractivity contribution >= 4 is 5.82 Å². The molecule has 14 heavy (non-hydrogen) atoms. The van der Waals surface area contributed by atoms with E-state index in [9.17, 15) is 0 Å². The quantitative estimate of drug-likeness (QED) is 0.735. The van der Waals surface area contributed by atoms with Crippen molar-refractivity contribution in [2.45, 2.75) is 19.9 Å². The van der Waals surface area contributed by atoms with Crippen molar-refractivity contribution in [3.8, 4) is 6.01 Å². The van der Waals surface area contributed by atoms with Gasteiger partial charge in [0.2, 0.25) is 0 Å². The van der Waals surface area contributed by atoms with Crippen LogP contribution in [-0.4, -0.2) is 29.7 Å². The van der Waals surface area contributed by atoms with Crippen molar-refractivity contribution in [2.75, 3.05) is 19.0 Å². The van der Waals surface area contributed by atoms with Crippen LogP contribution in [0.3, 0.4) is 0 Å². The van der Waals surface area contributed by atoms with E-state index in [0.29, 0.717) is 12.6 Å². The first-order chi connectivity index (χ1) is 6.61. The van der Waals surface area contributed by atoms with Crippen LogP contribution < -0.4 is 15.8 Å². The van der Waals surface area contributed by atoms with Gasteiger partial charge in [0.1, 0.15) is 5.82 Å². The molecule has 1 rings (SSSR count). The monoisotopic (exact) mass is 196 g/mol. The zero-order valence-electron chi connectivity index (χ0n) is 8.74. The van der Waals surface area contributed by atoms with Crippen LogP contribution >= 0.6 is 0 Å². The van der Waals surface area contributed by atoms with Crippen molar-refractivity contribution in [1.29, 1.82) is 0 Å². The van der Waals surface area contributed by atoms with Gasteiger partial charge in [0, 0.05) is 24.3 Å². The Morgan fingerprint density at radius 2 is 2.29 bits per heavy atom. The van der Waals surface area contributed by atoms with Gasteiger partial charge in [0.15, 0.2) is 0 Å². The third-order valence-corrected chi connectivity index (χ3v) is 1.62. The molecule has 0 bridgehead atoms. The highest BCUT2D eigenvalue weighted by Crippen LogP contribution is 2.10. The molecule has 0 radical (unpaired) electrons. The standard InChI is InChI=1S/C9H16N4O/c1-6(10)5-11-8-4-7(2)12-9(13-8)14-3/h4,6H,5,10H2,1-3H3,(H,11,12,13). The molecular formula is C9H16N4O. The molecule has 0 aliphatic rings. The van der Waals surface area contributed by atoms with E-state index < -0.39 is 0 Å². The SMILES string of the molecule is COc1nc(C)cc(NCC(C)N)n1. The number of aryl methyl sites for hydroxylation is 1. The summed E-state index contributed by atoms with van der Waals surface area (Å²) < 4.78 is 4.95. The summed E-state index contributed by atoms with van der Waals surface area (Å²) in [5, 5.41) is 3.10. The third-order valence-electron chi connectivity index (χ3n) is 1.62. The van der Waals surface area contributed by atoms with Gasteiger partial charge in [-0.25, -0.2) is 4.98 Å². The van der Waals surface area contributed by atoms with Crippen LogP contribution in [0.25, 0.3) is 0 Å². The molecule has 1 unspecified atom stereocenters. The van der Waals surface area contributed by atoms with E-state index in [1.54, 1.807) is 7.11 Å². The fraction of sp³-hybridized carbons (Fsp3) is 0.556. The number of hydrogen-bond acceptors (Lipinski definition) is 5. The first-order valence-corrected chi connectivity index (χ1v) is 4.51. The Kier molecular flexibility index (Phi) is 3.64. The van der Waals surface area contributed by atoms with Crippen LogP contribution in [-0.2, 0) is 0 Å². The van der Waals surface area contributed by atoms with E-state index in [1.165, 1.54) is 0 Å². The summed E-state index contributed by atoms with van der Waals surface area (Å²) in [7, 11) is 1.55. The second-order valence-electron chi connectivity index (χ2n) is 3.24. The van der Waals surface area contributed by atoms with Gasteiger partial charge in [0.05, 0.1) is 7.11 Å². The number of nitrogens with one attached hydrogen (secondary N) is 1. The molecule has 0 spiro atoms. The van der Waals surface area contributed by atoms with E-state index in [-0.39, 0.29) is 6.04 Å². The maximum Gasteiger partial charge on any atom is 0.318 e. The van der Waals surface area contributed by atoms with Gasteiger partial charge in [-0.1, -0.05) is 0 Å². The normalized spacial score (nSPS) is 12.3.